The quantitative estimate of drug-likeness (QED) is 0.858. The van der Waals surface area contributed by atoms with Crippen LogP contribution in [0.15, 0.2) is 18.2 Å². The molecule has 2 N–H and O–H groups in total. The fraction of sp³-hybridized carbons (Fsp3) is 0.214. The number of nitrogens with zero attached hydrogens (tertiary/aromatic N) is 1. The van der Waals surface area contributed by atoms with Crippen LogP contribution < -0.4 is 5.32 Å². The number of anilines is 1. The first-order valence-electron chi connectivity index (χ1n) is 6.26. The molecule has 2 rings (SSSR count). The third-order valence-electron chi connectivity index (χ3n) is 2.96. The highest BCUT2D eigenvalue weighted by atomic mass is 35.5. The highest BCUT2D eigenvalue weighted by Gasteiger charge is 2.23. The Morgan fingerprint density at radius 1 is 1.36 bits per heavy atom. The molecule has 22 heavy (non-hydrogen) atoms. The maximum absolute atomic E-state index is 12.3. The van der Waals surface area contributed by atoms with Gasteiger partial charge < -0.3 is 10.4 Å². The van der Waals surface area contributed by atoms with Gasteiger partial charge in [0, 0.05) is 5.02 Å². The van der Waals surface area contributed by atoms with Gasteiger partial charge >= 0.3 is 5.97 Å². The molecule has 0 fully saturated rings. The number of aromatic nitrogens is 1. The molecule has 0 bridgehead atoms. The molecule has 0 aliphatic heterocycles. The number of carboxylic acid groups (broad SMARTS) is 1. The zero-order valence-corrected chi connectivity index (χ0v) is 14.0. The lowest BCUT2D eigenvalue weighted by atomic mass is 10.1. The fourth-order valence-electron chi connectivity index (χ4n) is 1.75. The first kappa shape index (κ1) is 16.7. The van der Waals surface area contributed by atoms with Gasteiger partial charge in [0.15, 0.2) is 0 Å². The van der Waals surface area contributed by atoms with Crippen LogP contribution in [0.4, 0.5) is 5.69 Å². The van der Waals surface area contributed by atoms with Gasteiger partial charge in [0.05, 0.1) is 22.3 Å². The van der Waals surface area contributed by atoms with Crippen LogP contribution in [0, 0.1) is 6.92 Å². The molecule has 0 saturated heterocycles. The number of amides is 1. The van der Waals surface area contributed by atoms with E-state index in [2.05, 4.69) is 10.3 Å². The molecule has 0 spiro atoms. The maximum atomic E-state index is 12.3. The molecule has 0 aliphatic carbocycles. The standard InChI is InChI=1S/C14H12Cl2N2O3S/c1-6(13-17-7(2)11(22-13)14(20)21)12(19)18-10-5-8(15)3-4-9(10)16/h3-6H,1-2H3,(H,18,19)(H,20,21). The molecule has 1 unspecified atom stereocenters. The summed E-state index contributed by atoms with van der Waals surface area (Å²) in [6.07, 6.45) is 0. The highest BCUT2D eigenvalue weighted by Crippen LogP contribution is 2.29. The second kappa shape index (κ2) is 6.64. The molecule has 1 atom stereocenters. The Hall–Kier alpha value is -1.63. The Labute approximate surface area is 140 Å². The topological polar surface area (TPSA) is 79.3 Å². The largest absolute Gasteiger partial charge is 0.477 e. The van der Waals surface area contributed by atoms with E-state index in [0.29, 0.717) is 26.4 Å². The van der Waals surface area contributed by atoms with Crippen LogP contribution in [0.1, 0.15) is 33.2 Å². The van der Waals surface area contributed by atoms with E-state index in [1.807, 2.05) is 0 Å². The van der Waals surface area contributed by atoms with Gasteiger partial charge in [0.2, 0.25) is 5.91 Å². The van der Waals surface area contributed by atoms with Crippen LogP contribution in [0.3, 0.4) is 0 Å². The van der Waals surface area contributed by atoms with E-state index in [9.17, 15) is 9.59 Å². The van der Waals surface area contributed by atoms with E-state index in [-0.39, 0.29) is 10.8 Å². The lowest BCUT2D eigenvalue weighted by Crippen LogP contribution is -2.19. The van der Waals surface area contributed by atoms with Crippen LogP contribution in [-0.2, 0) is 4.79 Å². The second-order valence-corrected chi connectivity index (χ2v) is 6.48. The number of benzene rings is 1. The number of thiazole rings is 1. The SMILES string of the molecule is Cc1nc(C(C)C(=O)Nc2cc(Cl)ccc2Cl)sc1C(=O)O. The van der Waals surface area contributed by atoms with Crippen molar-refractivity contribution < 1.29 is 14.7 Å². The van der Waals surface area contributed by atoms with Crippen molar-refractivity contribution in [3.8, 4) is 0 Å². The minimum absolute atomic E-state index is 0.135. The van der Waals surface area contributed by atoms with Crippen molar-refractivity contribution in [3.63, 3.8) is 0 Å². The molecule has 0 radical (unpaired) electrons. The average molecular weight is 359 g/mol. The number of carbonyl (C=O) groups excluding carboxylic acids is 1. The summed E-state index contributed by atoms with van der Waals surface area (Å²) in [6.45, 7) is 3.25. The van der Waals surface area contributed by atoms with E-state index in [1.54, 1.807) is 32.0 Å². The Balaban J connectivity index is 2.20. The summed E-state index contributed by atoms with van der Waals surface area (Å²) in [5, 5.41) is 13.0. The predicted molar refractivity (Wildman–Crippen MR) is 87.3 cm³/mol. The van der Waals surface area contributed by atoms with Crippen molar-refractivity contribution >= 4 is 52.1 Å². The molecular formula is C14H12Cl2N2O3S. The molecule has 8 heteroatoms. The smallest absolute Gasteiger partial charge is 0.347 e. The zero-order valence-electron chi connectivity index (χ0n) is 11.7. The van der Waals surface area contributed by atoms with Crippen LogP contribution in [-0.4, -0.2) is 22.0 Å². The third kappa shape index (κ3) is 3.58. The molecule has 2 aromatic rings. The van der Waals surface area contributed by atoms with Crippen molar-refractivity contribution in [3.05, 3.63) is 43.8 Å². The van der Waals surface area contributed by atoms with Gasteiger partial charge in [-0.2, -0.15) is 0 Å². The monoisotopic (exact) mass is 358 g/mol. The fourth-order valence-corrected chi connectivity index (χ4v) is 3.04. The van der Waals surface area contributed by atoms with Crippen molar-refractivity contribution in [2.45, 2.75) is 19.8 Å². The zero-order chi connectivity index (χ0) is 16.4. The number of halogens is 2. The number of hydrogen-bond acceptors (Lipinski definition) is 4. The number of carboxylic acids is 1. The van der Waals surface area contributed by atoms with Crippen LogP contribution in [0.5, 0.6) is 0 Å². The van der Waals surface area contributed by atoms with E-state index in [1.165, 1.54) is 0 Å². The number of aryl methyl sites for hydroxylation is 1. The summed E-state index contributed by atoms with van der Waals surface area (Å²) >= 11 is 12.9. The van der Waals surface area contributed by atoms with Gasteiger partial charge in [-0.1, -0.05) is 23.2 Å². The third-order valence-corrected chi connectivity index (χ3v) is 4.85. The second-order valence-electron chi connectivity index (χ2n) is 4.61. The average Bonchev–Trinajstić information content (AvgIpc) is 2.84. The molecule has 116 valence electrons. The Morgan fingerprint density at radius 2 is 2.05 bits per heavy atom. The number of carbonyl (C=O) groups is 2. The number of hydrogen-bond donors (Lipinski definition) is 2. The van der Waals surface area contributed by atoms with Gasteiger partial charge in [-0.05, 0) is 32.0 Å². The van der Waals surface area contributed by atoms with E-state index in [0.717, 1.165) is 11.3 Å². The molecule has 1 aromatic carbocycles. The van der Waals surface area contributed by atoms with Gasteiger partial charge in [0.25, 0.3) is 0 Å². The predicted octanol–water partition coefficient (Wildman–Crippen LogP) is 4.20. The summed E-state index contributed by atoms with van der Waals surface area (Å²) in [7, 11) is 0. The van der Waals surface area contributed by atoms with Crippen molar-refractivity contribution in [2.75, 3.05) is 5.32 Å². The van der Waals surface area contributed by atoms with Crippen molar-refractivity contribution in [2.24, 2.45) is 0 Å². The van der Waals surface area contributed by atoms with Gasteiger partial charge in [-0.3, -0.25) is 4.79 Å². The van der Waals surface area contributed by atoms with Crippen molar-refractivity contribution in [1.82, 2.24) is 4.98 Å². The molecular weight excluding hydrogens is 347 g/mol. The van der Waals surface area contributed by atoms with Gasteiger partial charge in [-0.25, -0.2) is 9.78 Å². The summed E-state index contributed by atoms with van der Waals surface area (Å²) in [5.41, 5.74) is 0.797. The van der Waals surface area contributed by atoms with E-state index in [4.69, 9.17) is 28.3 Å². The van der Waals surface area contributed by atoms with Crippen molar-refractivity contribution in [1.29, 1.82) is 0 Å². The minimum atomic E-state index is -1.05. The number of nitrogens with one attached hydrogen (secondary N) is 1. The molecule has 1 amide bonds. The highest BCUT2D eigenvalue weighted by molar-refractivity contribution is 7.13. The summed E-state index contributed by atoms with van der Waals surface area (Å²) in [4.78, 5) is 27.6. The maximum Gasteiger partial charge on any atom is 0.347 e. The molecule has 0 aliphatic rings. The Morgan fingerprint density at radius 3 is 2.64 bits per heavy atom. The first-order valence-corrected chi connectivity index (χ1v) is 7.83. The molecule has 1 aromatic heterocycles. The molecule has 0 saturated carbocycles. The lowest BCUT2D eigenvalue weighted by Gasteiger charge is -2.11. The number of rotatable bonds is 4. The number of aromatic carboxylic acids is 1. The Bertz CT molecular complexity index is 746. The van der Waals surface area contributed by atoms with Gasteiger partial charge in [-0.15, -0.1) is 11.3 Å². The van der Waals surface area contributed by atoms with Crippen LogP contribution in [0.25, 0.3) is 0 Å². The summed E-state index contributed by atoms with van der Waals surface area (Å²) < 4.78 is 0. The molecule has 5 nitrogen and oxygen atoms in total. The minimum Gasteiger partial charge on any atom is -0.477 e. The molecule has 1 heterocycles. The Kier molecular flexibility index (Phi) is 5.05. The van der Waals surface area contributed by atoms with Crippen LogP contribution in [0.2, 0.25) is 10.0 Å². The van der Waals surface area contributed by atoms with E-state index < -0.39 is 11.9 Å². The first-order chi connectivity index (χ1) is 10.3. The normalized spacial score (nSPS) is 12.0. The lowest BCUT2D eigenvalue weighted by molar-refractivity contribution is -0.117. The summed E-state index contributed by atoms with van der Waals surface area (Å²) in [6, 6.07) is 4.75. The van der Waals surface area contributed by atoms with E-state index >= 15 is 0 Å². The van der Waals surface area contributed by atoms with Gasteiger partial charge in [0.1, 0.15) is 9.88 Å². The van der Waals surface area contributed by atoms with Crippen LogP contribution >= 0.6 is 34.5 Å². The summed E-state index contributed by atoms with van der Waals surface area (Å²) in [5.74, 6) is -1.99.